The lowest BCUT2D eigenvalue weighted by atomic mass is 9.99. The third-order valence-electron chi connectivity index (χ3n) is 3.43. The normalized spacial score (nSPS) is 18.2. The zero-order chi connectivity index (χ0) is 14.0. The molecule has 0 aliphatic carbocycles. The van der Waals surface area contributed by atoms with Gasteiger partial charge in [0.2, 0.25) is 0 Å². The summed E-state index contributed by atoms with van der Waals surface area (Å²) >= 11 is 0. The molecule has 2 rings (SSSR count). The number of amidine groups is 1. The van der Waals surface area contributed by atoms with Crippen molar-refractivity contribution in [1.29, 1.82) is 5.41 Å². The van der Waals surface area contributed by atoms with Crippen LogP contribution in [-0.4, -0.2) is 38.2 Å². The van der Waals surface area contributed by atoms with Crippen LogP contribution in [0.5, 0.6) is 5.75 Å². The van der Waals surface area contributed by atoms with E-state index in [2.05, 4.69) is 18.7 Å². The van der Waals surface area contributed by atoms with E-state index in [4.69, 9.17) is 20.6 Å². The molecule has 0 bridgehead atoms. The van der Waals surface area contributed by atoms with Gasteiger partial charge >= 0.3 is 0 Å². The van der Waals surface area contributed by atoms with Crippen molar-refractivity contribution >= 4 is 11.5 Å². The SMILES string of the molecule is COc1ccc(C(=N)N)c(N2CCOCC2(C)C)c1. The van der Waals surface area contributed by atoms with Gasteiger partial charge in [-0.1, -0.05) is 0 Å². The largest absolute Gasteiger partial charge is 0.497 e. The minimum atomic E-state index is -0.130. The summed E-state index contributed by atoms with van der Waals surface area (Å²) in [5, 5.41) is 7.73. The lowest BCUT2D eigenvalue weighted by Crippen LogP contribution is -2.53. The van der Waals surface area contributed by atoms with E-state index in [0.29, 0.717) is 13.2 Å². The first-order valence-electron chi connectivity index (χ1n) is 6.33. The van der Waals surface area contributed by atoms with E-state index in [-0.39, 0.29) is 11.4 Å². The van der Waals surface area contributed by atoms with Crippen LogP contribution in [0.1, 0.15) is 19.4 Å². The van der Waals surface area contributed by atoms with Gasteiger partial charge in [-0.25, -0.2) is 0 Å². The second-order valence-electron chi connectivity index (χ2n) is 5.31. The van der Waals surface area contributed by atoms with Gasteiger partial charge in [-0.05, 0) is 26.0 Å². The summed E-state index contributed by atoms with van der Waals surface area (Å²) in [7, 11) is 1.64. The molecule has 0 unspecified atom stereocenters. The fraction of sp³-hybridized carbons (Fsp3) is 0.500. The number of benzene rings is 1. The van der Waals surface area contributed by atoms with E-state index < -0.39 is 0 Å². The molecule has 5 nitrogen and oxygen atoms in total. The number of nitrogens with two attached hydrogens (primary N) is 1. The maximum atomic E-state index is 7.73. The Labute approximate surface area is 113 Å². The highest BCUT2D eigenvalue weighted by molar-refractivity contribution is 6.01. The number of hydrogen-bond acceptors (Lipinski definition) is 4. The number of nitrogen functional groups attached to an aromatic ring is 1. The van der Waals surface area contributed by atoms with Gasteiger partial charge in [-0.2, -0.15) is 0 Å². The van der Waals surface area contributed by atoms with Crippen molar-refractivity contribution in [2.45, 2.75) is 19.4 Å². The Morgan fingerprint density at radius 1 is 1.47 bits per heavy atom. The summed E-state index contributed by atoms with van der Waals surface area (Å²) in [4.78, 5) is 2.23. The molecule has 0 spiro atoms. The molecule has 1 saturated heterocycles. The van der Waals surface area contributed by atoms with Crippen molar-refractivity contribution in [3.63, 3.8) is 0 Å². The molecule has 1 aromatic carbocycles. The summed E-state index contributed by atoms with van der Waals surface area (Å²) in [6.07, 6.45) is 0. The molecule has 3 N–H and O–H groups in total. The van der Waals surface area contributed by atoms with Crippen molar-refractivity contribution in [3.8, 4) is 5.75 Å². The topological polar surface area (TPSA) is 71.6 Å². The van der Waals surface area contributed by atoms with Gasteiger partial charge < -0.3 is 20.1 Å². The smallest absolute Gasteiger partial charge is 0.124 e. The lowest BCUT2D eigenvalue weighted by molar-refractivity contribution is 0.0643. The van der Waals surface area contributed by atoms with Crippen LogP contribution in [0.15, 0.2) is 18.2 Å². The Morgan fingerprint density at radius 3 is 2.79 bits per heavy atom. The summed E-state index contributed by atoms with van der Waals surface area (Å²) in [5.74, 6) is 0.835. The highest BCUT2D eigenvalue weighted by Gasteiger charge is 2.32. The molecule has 1 heterocycles. The van der Waals surface area contributed by atoms with Crippen LogP contribution in [0.2, 0.25) is 0 Å². The number of nitrogens with one attached hydrogen (secondary N) is 1. The fourth-order valence-corrected chi connectivity index (χ4v) is 2.39. The Morgan fingerprint density at radius 2 is 2.21 bits per heavy atom. The fourth-order valence-electron chi connectivity index (χ4n) is 2.39. The number of nitrogens with zero attached hydrogens (tertiary/aromatic N) is 1. The predicted octanol–water partition coefficient (Wildman–Crippen LogP) is 1.59. The molecule has 0 radical (unpaired) electrons. The van der Waals surface area contributed by atoms with Crippen molar-refractivity contribution in [1.82, 2.24) is 0 Å². The monoisotopic (exact) mass is 263 g/mol. The van der Waals surface area contributed by atoms with E-state index in [1.807, 2.05) is 18.2 Å². The maximum Gasteiger partial charge on any atom is 0.124 e. The van der Waals surface area contributed by atoms with Crippen LogP contribution in [0.25, 0.3) is 0 Å². The third-order valence-corrected chi connectivity index (χ3v) is 3.43. The van der Waals surface area contributed by atoms with Crippen molar-refractivity contribution in [3.05, 3.63) is 23.8 Å². The second-order valence-corrected chi connectivity index (χ2v) is 5.31. The van der Waals surface area contributed by atoms with Crippen LogP contribution < -0.4 is 15.4 Å². The summed E-state index contributed by atoms with van der Waals surface area (Å²) < 4.78 is 10.8. The van der Waals surface area contributed by atoms with Gasteiger partial charge in [-0.15, -0.1) is 0 Å². The molecular formula is C14H21N3O2. The molecule has 1 aliphatic rings. The Hall–Kier alpha value is -1.75. The average molecular weight is 263 g/mol. The Balaban J connectivity index is 2.49. The van der Waals surface area contributed by atoms with Gasteiger partial charge in [0.15, 0.2) is 0 Å². The number of methoxy groups -OCH3 is 1. The molecule has 0 atom stereocenters. The first kappa shape index (κ1) is 13.7. The Kier molecular flexibility index (Phi) is 3.66. The van der Waals surface area contributed by atoms with E-state index in [1.54, 1.807) is 7.11 Å². The van der Waals surface area contributed by atoms with E-state index in [9.17, 15) is 0 Å². The predicted molar refractivity (Wildman–Crippen MR) is 76.3 cm³/mol. The molecule has 19 heavy (non-hydrogen) atoms. The molecule has 0 aromatic heterocycles. The molecule has 1 aliphatic heterocycles. The van der Waals surface area contributed by atoms with Crippen LogP contribution in [-0.2, 0) is 4.74 Å². The van der Waals surface area contributed by atoms with Crippen molar-refractivity contribution in [2.75, 3.05) is 31.8 Å². The summed E-state index contributed by atoms with van der Waals surface area (Å²) in [5.41, 5.74) is 7.22. The van der Waals surface area contributed by atoms with Crippen LogP contribution in [0.3, 0.4) is 0 Å². The van der Waals surface area contributed by atoms with Crippen LogP contribution >= 0.6 is 0 Å². The van der Waals surface area contributed by atoms with Gasteiger partial charge in [0, 0.05) is 18.2 Å². The van der Waals surface area contributed by atoms with E-state index in [0.717, 1.165) is 23.5 Å². The molecule has 104 valence electrons. The van der Waals surface area contributed by atoms with Crippen molar-refractivity contribution < 1.29 is 9.47 Å². The minimum absolute atomic E-state index is 0.0694. The summed E-state index contributed by atoms with van der Waals surface area (Å²) in [6.45, 7) is 6.35. The number of rotatable bonds is 3. The molecular weight excluding hydrogens is 242 g/mol. The maximum absolute atomic E-state index is 7.73. The lowest BCUT2D eigenvalue weighted by Gasteiger charge is -2.44. The standard InChI is InChI=1S/C14H21N3O2/c1-14(2)9-19-7-6-17(14)12-8-10(18-3)4-5-11(12)13(15)16/h4-5,8H,6-7,9H2,1-3H3,(H3,15,16). The number of hydrogen-bond donors (Lipinski definition) is 2. The zero-order valence-electron chi connectivity index (χ0n) is 11.7. The quantitative estimate of drug-likeness (QED) is 0.642. The number of morpholine rings is 1. The molecule has 0 saturated carbocycles. The highest BCUT2D eigenvalue weighted by atomic mass is 16.5. The average Bonchev–Trinajstić information content (AvgIpc) is 2.37. The highest BCUT2D eigenvalue weighted by Crippen LogP contribution is 2.32. The van der Waals surface area contributed by atoms with Crippen molar-refractivity contribution in [2.24, 2.45) is 5.73 Å². The van der Waals surface area contributed by atoms with Crippen LogP contribution in [0, 0.1) is 5.41 Å². The zero-order valence-corrected chi connectivity index (χ0v) is 11.7. The molecule has 1 aromatic rings. The number of ether oxygens (including phenoxy) is 2. The third kappa shape index (κ3) is 2.66. The first-order chi connectivity index (χ1) is 8.95. The van der Waals surface area contributed by atoms with E-state index in [1.165, 1.54) is 0 Å². The second kappa shape index (κ2) is 5.09. The van der Waals surface area contributed by atoms with Gasteiger partial charge in [0.25, 0.3) is 0 Å². The van der Waals surface area contributed by atoms with Gasteiger partial charge in [0.1, 0.15) is 11.6 Å². The van der Waals surface area contributed by atoms with Gasteiger partial charge in [-0.3, -0.25) is 5.41 Å². The molecule has 5 heteroatoms. The van der Waals surface area contributed by atoms with Gasteiger partial charge in [0.05, 0.1) is 31.5 Å². The molecule has 1 fully saturated rings. The van der Waals surface area contributed by atoms with Crippen LogP contribution in [0.4, 0.5) is 5.69 Å². The summed E-state index contributed by atoms with van der Waals surface area (Å²) in [6, 6.07) is 5.60. The first-order valence-corrected chi connectivity index (χ1v) is 6.33. The minimum Gasteiger partial charge on any atom is -0.497 e. The van der Waals surface area contributed by atoms with E-state index >= 15 is 0 Å². The Bertz CT molecular complexity index is 486. The molecule has 0 amide bonds. The number of anilines is 1.